The van der Waals surface area contributed by atoms with Gasteiger partial charge in [-0.05, 0) is 49.1 Å². The van der Waals surface area contributed by atoms with E-state index in [0.29, 0.717) is 22.0 Å². The lowest BCUT2D eigenvalue weighted by molar-refractivity contribution is -0.385. The van der Waals surface area contributed by atoms with Crippen molar-refractivity contribution < 1.29 is 9.72 Å². The summed E-state index contributed by atoms with van der Waals surface area (Å²) in [6.07, 6.45) is 3.90. The minimum absolute atomic E-state index is 0.0896. The second kappa shape index (κ2) is 7.96. The summed E-state index contributed by atoms with van der Waals surface area (Å²) in [6.45, 7) is 8.41. The van der Waals surface area contributed by atoms with Crippen LogP contribution in [0.15, 0.2) is 18.2 Å². The first kappa shape index (κ1) is 21.0. The van der Waals surface area contributed by atoms with Gasteiger partial charge in [0, 0.05) is 22.1 Å². The standard InChI is InChI=1S/C22H25N3O3S/c1-5-22(3,4)15-8-9-16-17(12-23)21(29-19(16)11-15)24-20(26)14-7-6-13(2)18(10-14)25(27)28/h6-7,10,15H,5,8-9,11H2,1-4H3,(H,24,26). The number of benzene rings is 1. The quantitative estimate of drug-likeness (QED) is 0.509. The number of aryl methyl sites for hydroxylation is 1. The molecule has 152 valence electrons. The van der Waals surface area contributed by atoms with Gasteiger partial charge in [0.15, 0.2) is 0 Å². The van der Waals surface area contributed by atoms with Crippen LogP contribution in [0.1, 0.15) is 65.5 Å². The highest BCUT2D eigenvalue weighted by Crippen LogP contribution is 2.45. The number of nitrogens with zero attached hydrogens (tertiary/aromatic N) is 2. The van der Waals surface area contributed by atoms with E-state index < -0.39 is 10.8 Å². The second-order valence-corrected chi connectivity index (χ2v) is 9.42. The lowest BCUT2D eigenvalue weighted by Crippen LogP contribution is -2.28. The van der Waals surface area contributed by atoms with Crippen LogP contribution in [-0.2, 0) is 12.8 Å². The zero-order chi connectivity index (χ0) is 21.3. The van der Waals surface area contributed by atoms with Crippen LogP contribution in [0.2, 0.25) is 0 Å². The van der Waals surface area contributed by atoms with Crippen LogP contribution >= 0.6 is 11.3 Å². The zero-order valence-corrected chi connectivity index (χ0v) is 18.0. The molecule has 0 aliphatic heterocycles. The molecule has 29 heavy (non-hydrogen) atoms. The summed E-state index contributed by atoms with van der Waals surface area (Å²) >= 11 is 1.47. The van der Waals surface area contributed by atoms with Gasteiger partial charge in [-0.2, -0.15) is 5.26 Å². The second-order valence-electron chi connectivity index (χ2n) is 8.31. The molecule has 0 spiro atoms. The lowest BCUT2D eigenvalue weighted by Gasteiger charge is -2.36. The van der Waals surface area contributed by atoms with Gasteiger partial charge in [0.2, 0.25) is 0 Å². The Morgan fingerprint density at radius 1 is 1.45 bits per heavy atom. The highest BCUT2D eigenvalue weighted by molar-refractivity contribution is 7.16. The molecule has 0 fully saturated rings. The summed E-state index contributed by atoms with van der Waals surface area (Å²) in [7, 11) is 0. The molecule has 1 aliphatic rings. The highest BCUT2D eigenvalue weighted by atomic mass is 32.1. The van der Waals surface area contributed by atoms with Gasteiger partial charge in [-0.3, -0.25) is 14.9 Å². The third kappa shape index (κ3) is 4.03. The van der Waals surface area contributed by atoms with Gasteiger partial charge in [0.25, 0.3) is 11.6 Å². The molecule has 1 heterocycles. The van der Waals surface area contributed by atoms with Gasteiger partial charge in [0.05, 0.1) is 10.5 Å². The largest absolute Gasteiger partial charge is 0.312 e. The molecule has 1 N–H and O–H groups in total. The van der Waals surface area contributed by atoms with Crippen molar-refractivity contribution in [3.63, 3.8) is 0 Å². The van der Waals surface area contributed by atoms with Crippen LogP contribution in [0.3, 0.4) is 0 Å². The number of nitriles is 1. The van der Waals surface area contributed by atoms with Gasteiger partial charge < -0.3 is 5.32 Å². The molecule has 1 atom stereocenters. The van der Waals surface area contributed by atoms with Gasteiger partial charge >= 0.3 is 0 Å². The average molecular weight is 412 g/mol. The third-order valence-corrected chi connectivity index (χ3v) is 7.46. The summed E-state index contributed by atoms with van der Waals surface area (Å²) in [5, 5.41) is 24.2. The fraction of sp³-hybridized carbons (Fsp3) is 0.455. The van der Waals surface area contributed by atoms with Crippen LogP contribution in [-0.4, -0.2) is 10.8 Å². The molecule has 3 rings (SSSR count). The number of hydrogen-bond acceptors (Lipinski definition) is 5. The van der Waals surface area contributed by atoms with Crippen molar-refractivity contribution in [3.8, 4) is 6.07 Å². The normalized spacial score (nSPS) is 16.0. The summed E-state index contributed by atoms with van der Waals surface area (Å²) in [4.78, 5) is 24.5. The van der Waals surface area contributed by atoms with E-state index in [-0.39, 0.29) is 16.7 Å². The molecule has 0 saturated carbocycles. The van der Waals surface area contributed by atoms with Crippen LogP contribution < -0.4 is 5.32 Å². The van der Waals surface area contributed by atoms with E-state index >= 15 is 0 Å². The SMILES string of the molecule is CCC(C)(C)C1CCc2c(sc(NC(=O)c3ccc(C)c([N+](=O)[O-])c3)c2C#N)C1. The van der Waals surface area contributed by atoms with Gasteiger partial charge in [0.1, 0.15) is 11.1 Å². The number of carbonyl (C=O) groups is 1. The van der Waals surface area contributed by atoms with Crippen molar-refractivity contribution in [3.05, 3.63) is 55.4 Å². The number of nitrogens with one attached hydrogen (secondary N) is 1. The number of amides is 1. The summed E-state index contributed by atoms with van der Waals surface area (Å²) in [5.74, 6) is 0.113. The summed E-state index contributed by atoms with van der Waals surface area (Å²) < 4.78 is 0. The molecule has 1 aliphatic carbocycles. The first-order valence-corrected chi connectivity index (χ1v) is 10.6. The van der Waals surface area contributed by atoms with E-state index in [9.17, 15) is 20.2 Å². The molecular weight excluding hydrogens is 386 g/mol. The van der Waals surface area contributed by atoms with Crippen LogP contribution in [0.5, 0.6) is 0 Å². The van der Waals surface area contributed by atoms with Crippen LogP contribution in [0, 0.1) is 39.7 Å². The van der Waals surface area contributed by atoms with Crippen molar-refractivity contribution in [1.82, 2.24) is 0 Å². The molecule has 7 heteroatoms. The summed E-state index contributed by atoms with van der Waals surface area (Å²) in [6, 6.07) is 6.67. The number of nitro benzene ring substituents is 1. The molecule has 6 nitrogen and oxygen atoms in total. The number of rotatable bonds is 5. The lowest BCUT2D eigenvalue weighted by atomic mass is 9.69. The number of fused-ring (bicyclic) bond motifs is 1. The Morgan fingerprint density at radius 2 is 2.17 bits per heavy atom. The number of carbonyl (C=O) groups excluding carboxylic acids is 1. The molecule has 0 bridgehead atoms. The van der Waals surface area contributed by atoms with Crippen molar-refractivity contribution in [2.45, 2.75) is 53.4 Å². The van der Waals surface area contributed by atoms with E-state index in [0.717, 1.165) is 31.2 Å². The Morgan fingerprint density at radius 3 is 2.79 bits per heavy atom. The third-order valence-electron chi connectivity index (χ3n) is 6.29. The molecular formula is C22H25N3O3S. The monoisotopic (exact) mass is 411 g/mol. The highest BCUT2D eigenvalue weighted by Gasteiger charge is 2.34. The molecule has 2 aromatic rings. The minimum atomic E-state index is -0.494. The van der Waals surface area contributed by atoms with E-state index in [2.05, 4.69) is 32.2 Å². The number of hydrogen-bond donors (Lipinski definition) is 1. The number of nitro groups is 1. The Hall–Kier alpha value is -2.72. The Kier molecular flexibility index (Phi) is 5.76. The molecule has 0 saturated heterocycles. The molecule has 0 radical (unpaired) electrons. The first-order valence-electron chi connectivity index (χ1n) is 9.79. The topological polar surface area (TPSA) is 96.0 Å². The van der Waals surface area contributed by atoms with Gasteiger partial charge in [-0.1, -0.05) is 33.3 Å². The fourth-order valence-electron chi connectivity index (χ4n) is 3.87. The Bertz CT molecular complexity index is 1020. The van der Waals surface area contributed by atoms with Crippen molar-refractivity contribution in [1.29, 1.82) is 5.26 Å². The zero-order valence-electron chi connectivity index (χ0n) is 17.2. The van der Waals surface area contributed by atoms with E-state index in [4.69, 9.17) is 0 Å². The Balaban J connectivity index is 1.88. The Labute approximate surface area is 174 Å². The maximum Gasteiger partial charge on any atom is 0.273 e. The molecule has 1 aromatic carbocycles. The minimum Gasteiger partial charge on any atom is -0.312 e. The van der Waals surface area contributed by atoms with Crippen molar-refractivity contribution in [2.75, 3.05) is 5.32 Å². The fourth-order valence-corrected chi connectivity index (χ4v) is 5.14. The van der Waals surface area contributed by atoms with Crippen molar-refractivity contribution in [2.24, 2.45) is 11.3 Å². The maximum absolute atomic E-state index is 12.7. The summed E-state index contributed by atoms with van der Waals surface area (Å²) in [5.41, 5.74) is 2.44. The van der Waals surface area contributed by atoms with Crippen LogP contribution in [0.25, 0.3) is 0 Å². The average Bonchev–Trinajstić information content (AvgIpc) is 3.03. The first-order chi connectivity index (χ1) is 13.7. The van der Waals surface area contributed by atoms with Gasteiger partial charge in [-0.25, -0.2) is 0 Å². The predicted molar refractivity (Wildman–Crippen MR) is 114 cm³/mol. The van der Waals surface area contributed by atoms with Crippen molar-refractivity contribution >= 4 is 27.9 Å². The predicted octanol–water partition coefficient (Wildman–Crippen LogP) is 5.63. The van der Waals surface area contributed by atoms with E-state index in [1.54, 1.807) is 19.1 Å². The molecule has 1 unspecified atom stereocenters. The molecule has 1 amide bonds. The number of anilines is 1. The van der Waals surface area contributed by atoms with E-state index in [1.165, 1.54) is 22.3 Å². The number of thiophene rings is 1. The van der Waals surface area contributed by atoms with E-state index in [1.807, 2.05) is 0 Å². The van der Waals surface area contributed by atoms with Gasteiger partial charge in [-0.15, -0.1) is 11.3 Å². The molecule has 1 aromatic heterocycles. The van der Waals surface area contributed by atoms with Crippen LogP contribution in [0.4, 0.5) is 10.7 Å². The maximum atomic E-state index is 12.7. The smallest absolute Gasteiger partial charge is 0.273 e.